The number of carbonyl (C=O) groups excluding carboxylic acids is 2. The number of hydrogen-bond acceptors (Lipinski definition) is 5. The molecule has 2 N–H and O–H groups in total. The number of carbonyl (C=O) groups is 2. The van der Waals surface area contributed by atoms with Gasteiger partial charge in [-0.2, -0.15) is 0 Å². The van der Waals surface area contributed by atoms with Crippen molar-refractivity contribution in [3.8, 4) is 0 Å². The molecule has 1 aromatic rings. The van der Waals surface area contributed by atoms with Gasteiger partial charge in [0.1, 0.15) is 0 Å². The Balaban J connectivity index is 1.68. The molecule has 1 aliphatic heterocycles. The highest BCUT2D eigenvalue weighted by Crippen LogP contribution is 2.15. The van der Waals surface area contributed by atoms with E-state index in [1.165, 1.54) is 4.90 Å². The summed E-state index contributed by atoms with van der Waals surface area (Å²) in [5, 5.41) is 6.12. The number of hydrogen-bond donors (Lipinski definition) is 2. The summed E-state index contributed by atoms with van der Waals surface area (Å²) in [5.74, 6) is -0.275. The van der Waals surface area contributed by atoms with Crippen LogP contribution in [-0.2, 0) is 4.79 Å². The monoisotopic (exact) mass is 372 g/mol. The highest BCUT2D eigenvalue weighted by atomic mass is 79.9. The van der Waals surface area contributed by atoms with Gasteiger partial charge in [0.05, 0.1) is 6.54 Å². The van der Waals surface area contributed by atoms with Gasteiger partial charge in [-0.05, 0) is 28.1 Å². The van der Waals surface area contributed by atoms with Crippen LogP contribution in [0.3, 0.4) is 0 Å². The molecule has 0 aliphatic carbocycles. The van der Waals surface area contributed by atoms with Gasteiger partial charge in [-0.1, -0.05) is 0 Å². The van der Waals surface area contributed by atoms with Crippen molar-refractivity contribution in [3.63, 3.8) is 0 Å². The molecule has 2 amide bonds. The summed E-state index contributed by atoms with van der Waals surface area (Å²) >= 11 is 3.15. The number of rotatable bonds is 6. The Morgan fingerprint density at radius 1 is 1.41 bits per heavy atom. The van der Waals surface area contributed by atoms with Crippen molar-refractivity contribution >= 4 is 27.7 Å². The molecule has 7 nitrogen and oxygen atoms in total. The fourth-order valence-electron chi connectivity index (χ4n) is 2.25. The molecule has 8 heteroatoms. The van der Waals surface area contributed by atoms with Crippen LogP contribution in [-0.4, -0.2) is 74.5 Å². The van der Waals surface area contributed by atoms with E-state index in [0.717, 1.165) is 32.7 Å². The molecule has 1 saturated heterocycles. The van der Waals surface area contributed by atoms with Gasteiger partial charge in [-0.25, -0.2) is 0 Å². The molecule has 0 bridgehead atoms. The SMILES string of the molecule is CN(CC(=O)NCCN1CCNCC1)C(=O)c1ccc(Br)o1. The Hall–Kier alpha value is -1.38. The molecule has 1 aliphatic rings. The Morgan fingerprint density at radius 2 is 2.14 bits per heavy atom. The van der Waals surface area contributed by atoms with Crippen LogP contribution >= 0.6 is 15.9 Å². The average Bonchev–Trinajstić information content (AvgIpc) is 2.94. The van der Waals surface area contributed by atoms with E-state index >= 15 is 0 Å². The van der Waals surface area contributed by atoms with E-state index in [0.29, 0.717) is 11.2 Å². The van der Waals surface area contributed by atoms with Crippen molar-refractivity contribution in [3.05, 3.63) is 22.6 Å². The van der Waals surface area contributed by atoms with E-state index in [1.54, 1.807) is 19.2 Å². The summed E-state index contributed by atoms with van der Waals surface area (Å²) in [4.78, 5) is 27.5. The van der Waals surface area contributed by atoms with Crippen molar-refractivity contribution in [2.45, 2.75) is 0 Å². The lowest BCUT2D eigenvalue weighted by atomic mass is 10.3. The van der Waals surface area contributed by atoms with Gasteiger partial charge in [0.2, 0.25) is 5.91 Å². The normalized spacial score (nSPS) is 15.5. The van der Waals surface area contributed by atoms with Crippen LogP contribution in [0.2, 0.25) is 0 Å². The third-order valence-corrected chi connectivity index (χ3v) is 3.90. The van der Waals surface area contributed by atoms with Crippen LogP contribution in [0.4, 0.5) is 0 Å². The summed E-state index contributed by atoms with van der Waals surface area (Å²) in [6, 6.07) is 3.22. The first-order valence-electron chi connectivity index (χ1n) is 7.27. The molecular weight excluding hydrogens is 352 g/mol. The molecule has 0 atom stereocenters. The van der Waals surface area contributed by atoms with E-state index in [4.69, 9.17) is 4.42 Å². The molecule has 0 spiro atoms. The highest BCUT2D eigenvalue weighted by Gasteiger charge is 2.18. The van der Waals surface area contributed by atoms with Gasteiger partial charge in [-0.15, -0.1) is 0 Å². The summed E-state index contributed by atoms with van der Waals surface area (Å²) in [7, 11) is 1.58. The quantitative estimate of drug-likeness (QED) is 0.742. The van der Waals surface area contributed by atoms with Gasteiger partial charge < -0.3 is 20.0 Å². The predicted molar refractivity (Wildman–Crippen MR) is 85.7 cm³/mol. The molecule has 0 aromatic carbocycles. The van der Waals surface area contributed by atoms with Crippen molar-refractivity contribution in [2.24, 2.45) is 0 Å². The van der Waals surface area contributed by atoms with Crippen LogP contribution in [0.1, 0.15) is 10.6 Å². The second-order valence-electron chi connectivity index (χ2n) is 5.21. The van der Waals surface area contributed by atoms with Crippen molar-refractivity contribution < 1.29 is 14.0 Å². The van der Waals surface area contributed by atoms with Crippen LogP contribution in [0.5, 0.6) is 0 Å². The lowest BCUT2D eigenvalue weighted by molar-refractivity contribution is -0.121. The molecule has 0 radical (unpaired) electrons. The van der Waals surface area contributed by atoms with E-state index in [2.05, 4.69) is 31.5 Å². The molecule has 0 unspecified atom stereocenters. The van der Waals surface area contributed by atoms with Crippen LogP contribution in [0.15, 0.2) is 21.2 Å². The second-order valence-corrected chi connectivity index (χ2v) is 5.99. The fraction of sp³-hybridized carbons (Fsp3) is 0.571. The summed E-state index contributed by atoms with van der Waals surface area (Å²) in [6.45, 7) is 5.42. The standard InChI is InChI=1S/C14H21BrN4O3/c1-18(14(21)11-2-3-12(15)22-11)10-13(20)17-6-9-19-7-4-16-5-8-19/h2-3,16H,4-10H2,1H3,(H,17,20). The first-order valence-corrected chi connectivity index (χ1v) is 8.06. The van der Waals surface area contributed by atoms with Crippen LogP contribution in [0.25, 0.3) is 0 Å². The Kier molecular flexibility index (Phi) is 6.41. The van der Waals surface area contributed by atoms with Gasteiger partial charge in [-0.3, -0.25) is 14.5 Å². The lowest BCUT2D eigenvalue weighted by Gasteiger charge is -2.27. The van der Waals surface area contributed by atoms with Gasteiger partial charge in [0, 0.05) is 46.3 Å². The molecule has 0 saturated carbocycles. The van der Waals surface area contributed by atoms with E-state index in [9.17, 15) is 9.59 Å². The number of piperazine rings is 1. The van der Waals surface area contributed by atoms with Crippen molar-refractivity contribution in [2.75, 3.05) is 52.9 Å². The first-order chi connectivity index (χ1) is 10.6. The summed E-state index contributed by atoms with van der Waals surface area (Å²) in [5.41, 5.74) is 0. The number of amides is 2. The number of nitrogens with zero attached hydrogens (tertiary/aromatic N) is 2. The van der Waals surface area contributed by atoms with Crippen molar-refractivity contribution in [1.29, 1.82) is 0 Å². The van der Waals surface area contributed by atoms with Gasteiger partial charge in [0.15, 0.2) is 10.4 Å². The minimum absolute atomic E-state index is 0.0126. The Bertz CT molecular complexity index is 514. The minimum atomic E-state index is -0.317. The van der Waals surface area contributed by atoms with E-state index < -0.39 is 0 Å². The van der Waals surface area contributed by atoms with E-state index in [1.807, 2.05) is 0 Å². The number of furan rings is 1. The van der Waals surface area contributed by atoms with Crippen LogP contribution in [0, 0.1) is 0 Å². The number of nitrogens with one attached hydrogen (secondary N) is 2. The summed E-state index contributed by atoms with van der Waals surface area (Å²) < 4.78 is 5.68. The molecule has 122 valence electrons. The number of likely N-dealkylation sites (N-methyl/N-ethyl adjacent to an activating group) is 1. The minimum Gasteiger partial charge on any atom is -0.444 e. The number of halogens is 1. The lowest BCUT2D eigenvalue weighted by Crippen LogP contribution is -2.47. The van der Waals surface area contributed by atoms with Gasteiger partial charge >= 0.3 is 0 Å². The zero-order valence-corrected chi connectivity index (χ0v) is 14.2. The summed E-state index contributed by atoms with van der Waals surface area (Å²) in [6.07, 6.45) is 0. The smallest absolute Gasteiger partial charge is 0.289 e. The van der Waals surface area contributed by atoms with Crippen molar-refractivity contribution in [1.82, 2.24) is 20.4 Å². The molecule has 1 fully saturated rings. The van der Waals surface area contributed by atoms with Crippen LogP contribution < -0.4 is 10.6 Å². The zero-order chi connectivity index (χ0) is 15.9. The third-order valence-electron chi connectivity index (χ3n) is 3.47. The predicted octanol–water partition coefficient (Wildman–Crippen LogP) is 0.136. The fourth-order valence-corrected chi connectivity index (χ4v) is 2.56. The Labute approximate surface area is 138 Å². The zero-order valence-electron chi connectivity index (χ0n) is 12.6. The molecular formula is C14H21BrN4O3. The molecule has 2 rings (SSSR count). The molecule has 1 aromatic heterocycles. The highest BCUT2D eigenvalue weighted by molar-refractivity contribution is 9.10. The second kappa shape index (κ2) is 8.30. The maximum absolute atomic E-state index is 12.0. The topological polar surface area (TPSA) is 77.8 Å². The third kappa shape index (κ3) is 5.11. The Morgan fingerprint density at radius 3 is 2.77 bits per heavy atom. The largest absolute Gasteiger partial charge is 0.444 e. The first kappa shape index (κ1) is 17.0. The maximum atomic E-state index is 12.0. The molecule has 2 heterocycles. The maximum Gasteiger partial charge on any atom is 0.289 e. The van der Waals surface area contributed by atoms with E-state index in [-0.39, 0.29) is 24.1 Å². The average molecular weight is 373 g/mol. The van der Waals surface area contributed by atoms with Gasteiger partial charge in [0.25, 0.3) is 5.91 Å². The molecule has 22 heavy (non-hydrogen) atoms.